The molecule has 1 saturated heterocycles. The van der Waals surface area contributed by atoms with Crippen LogP contribution >= 0.6 is 0 Å². The monoisotopic (exact) mass is 266 g/mol. The summed E-state index contributed by atoms with van der Waals surface area (Å²) in [5, 5.41) is 7.15. The van der Waals surface area contributed by atoms with Gasteiger partial charge in [0.05, 0.1) is 0 Å². The van der Waals surface area contributed by atoms with Gasteiger partial charge in [-0.1, -0.05) is 13.8 Å². The summed E-state index contributed by atoms with van der Waals surface area (Å²) in [6, 6.07) is 0.522. The van der Waals surface area contributed by atoms with Crippen LogP contribution in [0.1, 0.15) is 66.7 Å². The second kappa shape index (κ2) is 5.08. The van der Waals surface area contributed by atoms with Crippen LogP contribution < -0.4 is 10.6 Å². The third-order valence-electron chi connectivity index (χ3n) is 5.62. The van der Waals surface area contributed by atoms with Crippen molar-refractivity contribution < 1.29 is 4.79 Å². The van der Waals surface area contributed by atoms with Gasteiger partial charge in [0.1, 0.15) is 0 Å². The summed E-state index contributed by atoms with van der Waals surface area (Å²) in [4.78, 5) is 11.8. The van der Waals surface area contributed by atoms with E-state index in [1.54, 1.807) is 0 Å². The van der Waals surface area contributed by atoms with Gasteiger partial charge in [0, 0.05) is 23.5 Å². The zero-order valence-corrected chi connectivity index (χ0v) is 13.2. The molecule has 2 rings (SSSR count). The fourth-order valence-corrected chi connectivity index (χ4v) is 4.25. The van der Waals surface area contributed by atoms with Gasteiger partial charge in [-0.15, -0.1) is 0 Å². The smallest absolute Gasteiger partial charge is 0.220 e. The van der Waals surface area contributed by atoms with Crippen molar-refractivity contribution in [2.24, 2.45) is 11.8 Å². The number of hydrogen-bond acceptors (Lipinski definition) is 2. The van der Waals surface area contributed by atoms with E-state index in [1.165, 1.54) is 12.8 Å². The van der Waals surface area contributed by atoms with E-state index in [-0.39, 0.29) is 17.0 Å². The van der Waals surface area contributed by atoms with Gasteiger partial charge < -0.3 is 10.6 Å². The lowest BCUT2D eigenvalue weighted by Crippen LogP contribution is -2.68. The van der Waals surface area contributed by atoms with Crippen molar-refractivity contribution in [2.45, 2.75) is 83.8 Å². The molecule has 1 amide bonds. The Kier molecular flexibility index (Phi) is 3.97. The molecule has 1 aliphatic heterocycles. The molecule has 2 N–H and O–H groups in total. The Balaban J connectivity index is 2.20. The first-order valence-corrected chi connectivity index (χ1v) is 7.91. The Hall–Kier alpha value is -0.570. The molecule has 3 nitrogen and oxygen atoms in total. The molecule has 2 aliphatic rings. The van der Waals surface area contributed by atoms with E-state index >= 15 is 0 Å². The highest BCUT2D eigenvalue weighted by Gasteiger charge is 2.51. The molecule has 19 heavy (non-hydrogen) atoms. The van der Waals surface area contributed by atoms with Crippen LogP contribution in [0.25, 0.3) is 0 Å². The van der Waals surface area contributed by atoms with Crippen molar-refractivity contribution in [2.75, 3.05) is 0 Å². The number of hydrogen-bond donors (Lipinski definition) is 2. The second-order valence-corrected chi connectivity index (χ2v) is 7.28. The molecule has 1 aliphatic carbocycles. The highest BCUT2D eigenvalue weighted by Crippen LogP contribution is 2.47. The molecule has 0 aromatic carbocycles. The highest BCUT2D eigenvalue weighted by atomic mass is 16.1. The highest BCUT2D eigenvalue weighted by molar-refractivity contribution is 5.76. The van der Waals surface area contributed by atoms with Crippen molar-refractivity contribution in [1.82, 2.24) is 10.6 Å². The van der Waals surface area contributed by atoms with Crippen LogP contribution in [-0.4, -0.2) is 23.0 Å². The lowest BCUT2D eigenvalue weighted by atomic mass is 9.59. The van der Waals surface area contributed by atoms with Gasteiger partial charge in [-0.05, 0) is 58.3 Å². The summed E-state index contributed by atoms with van der Waals surface area (Å²) in [5.74, 6) is 1.51. The van der Waals surface area contributed by atoms with Crippen LogP contribution in [-0.2, 0) is 4.79 Å². The van der Waals surface area contributed by atoms with Gasteiger partial charge in [0.15, 0.2) is 0 Å². The van der Waals surface area contributed by atoms with Crippen molar-refractivity contribution in [3.8, 4) is 0 Å². The molecule has 0 unspecified atom stereocenters. The molecular formula is C16H30N2O. The van der Waals surface area contributed by atoms with Crippen molar-refractivity contribution >= 4 is 5.91 Å². The second-order valence-electron chi connectivity index (χ2n) is 7.28. The molecule has 2 bridgehead atoms. The van der Waals surface area contributed by atoms with Crippen LogP contribution in [0.2, 0.25) is 0 Å². The quantitative estimate of drug-likeness (QED) is 0.824. The van der Waals surface area contributed by atoms with E-state index in [0.29, 0.717) is 18.4 Å². The van der Waals surface area contributed by atoms with E-state index in [9.17, 15) is 4.79 Å². The van der Waals surface area contributed by atoms with E-state index in [2.05, 4.69) is 38.3 Å². The van der Waals surface area contributed by atoms with Gasteiger partial charge in [-0.3, -0.25) is 4.79 Å². The summed E-state index contributed by atoms with van der Waals surface area (Å²) in [6.07, 6.45) is 5.31. The minimum Gasteiger partial charge on any atom is -0.351 e. The molecule has 1 saturated carbocycles. The summed E-state index contributed by atoms with van der Waals surface area (Å²) in [5.41, 5.74) is 0.223. The summed E-state index contributed by atoms with van der Waals surface area (Å²) < 4.78 is 0. The molecule has 0 aromatic heterocycles. The molecule has 1 heterocycles. The average Bonchev–Trinajstić information content (AvgIpc) is 2.35. The maximum atomic E-state index is 11.8. The van der Waals surface area contributed by atoms with Crippen molar-refractivity contribution in [1.29, 1.82) is 0 Å². The maximum Gasteiger partial charge on any atom is 0.220 e. The van der Waals surface area contributed by atoms with E-state index in [4.69, 9.17) is 0 Å². The number of nitrogens with one attached hydrogen (secondary N) is 2. The first kappa shape index (κ1) is 14.8. The number of fused-ring (bicyclic) bond motifs is 2. The van der Waals surface area contributed by atoms with E-state index in [1.807, 2.05) is 6.92 Å². The van der Waals surface area contributed by atoms with Gasteiger partial charge in [0.2, 0.25) is 5.91 Å². The van der Waals surface area contributed by atoms with Crippen molar-refractivity contribution in [3.05, 3.63) is 0 Å². The lowest BCUT2D eigenvalue weighted by Gasteiger charge is -2.57. The SMILES string of the molecule is CCC(=O)N[C@@]1(C)CC[C@H]2C[C@@H]1[C@@H](CC)NC2(C)C. The van der Waals surface area contributed by atoms with Crippen LogP contribution in [0.3, 0.4) is 0 Å². The molecular weight excluding hydrogens is 236 g/mol. The predicted octanol–water partition coefficient (Wildman–Crippen LogP) is 2.85. The van der Waals surface area contributed by atoms with Crippen LogP contribution in [0.4, 0.5) is 0 Å². The van der Waals surface area contributed by atoms with E-state index in [0.717, 1.165) is 18.8 Å². The number of carbonyl (C=O) groups is 1. The third-order valence-corrected chi connectivity index (χ3v) is 5.62. The Morgan fingerprint density at radius 3 is 2.58 bits per heavy atom. The summed E-state index contributed by atoms with van der Waals surface area (Å²) in [7, 11) is 0. The molecule has 110 valence electrons. The molecule has 2 fully saturated rings. The standard InChI is InChI=1S/C16H30N2O/c1-6-13-12-10-11(15(3,4)17-13)8-9-16(12,5)18-14(19)7-2/h11-13,17H,6-10H2,1-5H3,(H,18,19)/t11-,12+,13+,16-/m0/s1. The number of amides is 1. The van der Waals surface area contributed by atoms with Crippen LogP contribution in [0.15, 0.2) is 0 Å². The minimum absolute atomic E-state index is 0.0201. The number of piperidine rings is 1. The Morgan fingerprint density at radius 2 is 2.00 bits per heavy atom. The normalized spacial score (nSPS) is 40.8. The topological polar surface area (TPSA) is 41.1 Å². The van der Waals surface area contributed by atoms with Gasteiger partial charge >= 0.3 is 0 Å². The lowest BCUT2D eigenvalue weighted by molar-refractivity contribution is -0.125. The Labute approximate surface area is 117 Å². The average molecular weight is 266 g/mol. The predicted molar refractivity (Wildman–Crippen MR) is 79.0 cm³/mol. The first-order valence-electron chi connectivity index (χ1n) is 7.91. The number of rotatable bonds is 3. The Morgan fingerprint density at radius 1 is 1.32 bits per heavy atom. The third kappa shape index (κ3) is 2.67. The minimum atomic E-state index is -0.0201. The van der Waals surface area contributed by atoms with Crippen LogP contribution in [0.5, 0.6) is 0 Å². The molecule has 0 aromatic rings. The molecule has 0 spiro atoms. The van der Waals surface area contributed by atoms with Gasteiger partial charge in [-0.2, -0.15) is 0 Å². The summed E-state index contributed by atoms with van der Waals surface area (Å²) >= 11 is 0. The largest absolute Gasteiger partial charge is 0.351 e. The van der Waals surface area contributed by atoms with Gasteiger partial charge in [-0.25, -0.2) is 0 Å². The first-order chi connectivity index (χ1) is 8.82. The molecule has 4 atom stereocenters. The van der Waals surface area contributed by atoms with Gasteiger partial charge in [0.25, 0.3) is 0 Å². The zero-order chi connectivity index (χ0) is 14.3. The van der Waals surface area contributed by atoms with E-state index < -0.39 is 0 Å². The fourth-order valence-electron chi connectivity index (χ4n) is 4.25. The molecule has 3 heteroatoms. The molecule has 0 radical (unpaired) electrons. The number of carbonyl (C=O) groups excluding carboxylic acids is 1. The zero-order valence-electron chi connectivity index (χ0n) is 13.2. The van der Waals surface area contributed by atoms with Crippen LogP contribution in [0, 0.1) is 11.8 Å². The Bertz CT molecular complexity index is 353. The fraction of sp³-hybridized carbons (Fsp3) is 0.938. The van der Waals surface area contributed by atoms with Crippen molar-refractivity contribution in [3.63, 3.8) is 0 Å². The summed E-state index contributed by atoms with van der Waals surface area (Å²) in [6.45, 7) is 11.1. The maximum absolute atomic E-state index is 11.8.